The van der Waals surface area contributed by atoms with E-state index in [1.165, 1.54) is 12.1 Å². The first-order chi connectivity index (χ1) is 13.8. The Morgan fingerprint density at radius 1 is 0.933 bits per heavy atom. The standard InChI is InChI=1S/C21H23BClF3O4/c1-13(14-6-9-16(23)10-7-14)27-17-11-8-15(12-18(17)28-21(24,25)26)22-29-19(2,3)20(4,5)30-22/h6-13H,1-5H3. The molecule has 0 bridgehead atoms. The van der Waals surface area contributed by atoms with Crippen molar-refractivity contribution in [2.45, 2.75) is 58.3 Å². The summed E-state index contributed by atoms with van der Waals surface area (Å²) in [6.07, 6.45) is -5.41. The van der Waals surface area contributed by atoms with E-state index in [2.05, 4.69) is 4.74 Å². The molecule has 1 saturated heterocycles. The van der Waals surface area contributed by atoms with Crippen LogP contribution in [-0.4, -0.2) is 24.7 Å². The summed E-state index contributed by atoms with van der Waals surface area (Å²) >= 11 is 5.88. The predicted octanol–water partition coefficient (Wildman–Crippen LogP) is 5.68. The highest BCUT2D eigenvalue weighted by Crippen LogP contribution is 2.38. The van der Waals surface area contributed by atoms with Crippen molar-refractivity contribution in [3.8, 4) is 11.5 Å². The molecule has 1 unspecified atom stereocenters. The van der Waals surface area contributed by atoms with Gasteiger partial charge in [-0.3, -0.25) is 0 Å². The van der Waals surface area contributed by atoms with Crippen LogP contribution in [0.3, 0.4) is 0 Å². The highest BCUT2D eigenvalue weighted by Gasteiger charge is 2.52. The van der Waals surface area contributed by atoms with Crippen LogP contribution < -0.4 is 14.9 Å². The van der Waals surface area contributed by atoms with Crippen LogP contribution in [0, 0.1) is 0 Å². The van der Waals surface area contributed by atoms with Gasteiger partial charge in [-0.1, -0.05) is 29.8 Å². The van der Waals surface area contributed by atoms with Crippen LogP contribution >= 0.6 is 11.6 Å². The van der Waals surface area contributed by atoms with Crippen LogP contribution in [0.25, 0.3) is 0 Å². The highest BCUT2D eigenvalue weighted by molar-refractivity contribution is 6.62. The van der Waals surface area contributed by atoms with Crippen LogP contribution in [0.5, 0.6) is 11.5 Å². The van der Waals surface area contributed by atoms with Gasteiger partial charge < -0.3 is 18.8 Å². The molecule has 1 aliphatic heterocycles. The zero-order valence-corrected chi connectivity index (χ0v) is 18.1. The second kappa shape index (κ2) is 7.98. The van der Waals surface area contributed by atoms with Gasteiger partial charge in [0, 0.05) is 5.02 Å². The van der Waals surface area contributed by atoms with E-state index in [4.69, 9.17) is 25.6 Å². The van der Waals surface area contributed by atoms with E-state index >= 15 is 0 Å². The largest absolute Gasteiger partial charge is 0.573 e. The van der Waals surface area contributed by atoms with Gasteiger partial charge in [0.05, 0.1) is 11.2 Å². The summed E-state index contributed by atoms with van der Waals surface area (Å²) in [4.78, 5) is 0. The SMILES string of the molecule is CC(Oc1ccc(B2OC(C)(C)C(C)(C)O2)cc1OC(F)(F)F)c1ccc(Cl)cc1. The fourth-order valence-electron chi connectivity index (χ4n) is 2.94. The molecule has 162 valence electrons. The molecule has 1 atom stereocenters. The lowest BCUT2D eigenvalue weighted by Gasteiger charge is -2.32. The number of alkyl halides is 3. The number of benzene rings is 2. The van der Waals surface area contributed by atoms with Crippen LogP contribution in [0.15, 0.2) is 42.5 Å². The maximum Gasteiger partial charge on any atom is 0.573 e. The van der Waals surface area contributed by atoms with Crippen LogP contribution in [0.4, 0.5) is 13.2 Å². The molecule has 0 amide bonds. The second-order valence-electron chi connectivity index (χ2n) is 8.15. The van der Waals surface area contributed by atoms with Crippen LogP contribution in [0.2, 0.25) is 5.02 Å². The summed E-state index contributed by atoms with van der Waals surface area (Å²) in [7, 11) is -0.826. The molecular formula is C21H23BClF3O4. The monoisotopic (exact) mass is 442 g/mol. The Kier molecular flexibility index (Phi) is 6.06. The minimum absolute atomic E-state index is 0.0463. The Morgan fingerprint density at radius 2 is 1.50 bits per heavy atom. The first kappa shape index (κ1) is 22.8. The number of rotatable bonds is 5. The van der Waals surface area contributed by atoms with Crippen molar-refractivity contribution in [3.05, 3.63) is 53.1 Å². The average Bonchev–Trinajstić information content (AvgIpc) is 2.83. The summed E-state index contributed by atoms with van der Waals surface area (Å²) in [5.41, 5.74) is -0.0890. The smallest absolute Gasteiger partial charge is 0.482 e. The van der Waals surface area contributed by atoms with Crippen molar-refractivity contribution in [1.82, 2.24) is 0 Å². The van der Waals surface area contributed by atoms with E-state index < -0.39 is 36.5 Å². The topological polar surface area (TPSA) is 36.9 Å². The van der Waals surface area contributed by atoms with E-state index in [9.17, 15) is 13.2 Å². The molecule has 0 saturated carbocycles. The average molecular weight is 443 g/mol. The molecule has 0 radical (unpaired) electrons. The maximum atomic E-state index is 13.0. The van der Waals surface area contributed by atoms with Gasteiger partial charge in [0.2, 0.25) is 0 Å². The molecule has 1 aliphatic rings. The molecule has 1 heterocycles. The molecule has 1 fully saturated rings. The van der Waals surface area contributed by atoms with Gasteiger partial charge in [0.15, 0.2) is 11.5 Å². The van der Waals surface area contributed by atoms with E-state index in [1.807, 2.05) is 27.7 Å². The Balaban J connectivity index is 1.89. The van der Waals surface area contributed by atoms with E-state index in [0.717, 1.165) is 5.56 Å². The minimum Gasteiger partial charge on any atom is -0.482 e. The van der Waals surface area contributed by atoms with E-state index in [0.29, 0.717) is 10.5 Å². The van der Waals surface area contributed by atoms with Gasteiger partial charge in [0.25, 0.3) is 0 Å². The molecular weight excluding hydrogens is 419 g/mol. The third kappa shape index (κ3) is 5.05. The molecule has 2 aromatic rings. The molecule has 0 aliphatic carbocycles. The van der Waals surface area contributed by atoms with Crippen molar-refractivity contribution in [2.75, 3.05) is 0 Å². The number of hydrogen-bond donors (Lipinski definition) is 0. The summed E-state index contributed by atoms with van der Waals surface area (Å²) in [6.45, 7) is 9.19. The molecule has 0 N–H and O–H groups in total. The zero-order chi connectivity index (χ0) is 22.3. The Bertz CT molecular complexity index is 884. The molecule has 2 aromatic carbocycles. The fourth-order valence-corrected chi connectivity index (χ4v) is 3.07. The summed E-state index contributed by atoms with van der Waals surface area (Å²) in [5, 5.41) is 0.554. The number of halogens is 4. The third-order valence-corrected chi connectivity index (χ3v) is 5.61. The number of ether oxygens (including phenoxy) is 2. The van der Waals surface area contributed by atoms with Crippen LogP contribution in [-0.2, 0) is 9.31 Å². The third-order valence-electron chi connectivity index (χ3n) is 5.36. The molecule has 3 rings (SSSR count). The first-order valence-corrected chi connectivity index (χ1v) is 9.83. The Hall–Kier alpha value is -1.90. The van der Waals surface area contributed by atoms with Gasteiger partial charge in [-0.2, -0.15) is 0 Å². The lowest BCUT2D eigenvalue weighted by molar-refractivity contribution is -0.275. The molecule has 0 spiro atoms. The van der Waals surface area contributed by atoms with Crippen LogP contribution in [0.1, 0.15) is 46.3 Å². The second-order valence-corrected chi connectivity index (χ2v) is 8.59. The van der Waals surface area contributed by atoms with E-state index in [1.54, 1.807) is 37.3 Å². The van der Waals surface area contributed by atoms with Gasteiger partial charge in [-0.25, -0.2) is 0 Å². The summed E-state index contributed by atoms with van der Waals surface area (Å²) < 4.78 is 60.9. The summed E-state index contributed by atoms with van der Waals surface area (Å²) in [5.74, 6) is -0.509. The maximum absolute atomic E-state index is 13.0. The van der Waals surface area contributed by atoms with Gasteiger partial charge in [-0.15, -0.1) is 13.2 Å². The van der Waals surface area contributed by atoms with Crippen molar-refractivity contribution >= 4 is 24.2 Å². The van der Waals surface area contributed by atoms with Crippen molar-refractivity contribution < 1.29 is 32.0 Å². The van der Waals surface area contributed by atoms with Gasteiger partial charge in [0.1, 0.15) is 6.10 Å². The lowest BCUT2D eigenvalue weighted by atomic mass is 9.79. The minimum atomic E-state index is -4.88. The lowest BCUT2D eigenvalue weighted by Crippen LogP contribution is -2.41. The molecule has 30 heavy (non-hydrogen) atoms. The Labute approximate surface area is 179 Å². The van der Waals surface area contributed by atoms with E-state index in [-0.39, 0.29) is 5.75 Å². The first-order valence-electron chi connectivity index (χ1n) is 9.45. The normalized spacial score (nSPS) is 18.9. The van der Waals surface area contributed by atoms with Crippen molar-refractivity contribution in [2.24, 2.45) is 0 Å². The van der Waals surface area contributed by atoms with Crippen molar-refractivity contribution in [3.63, 3.8) is 0 Å². The molecule has 9 heteroatoms. The summed E-state index contributed by atoms with van der Waals surface area (Å²) in [6, 6.07) is 11.1. The molecule has 4 nitrogen and oxygen atoms in total. The quantitative estimate of drug-likeness (QED) is 0.559. The highest BCUT2D eigenvalue weighted by atomic mass is 35.5. The Morgan fingerprint density at radius 3 is 2.03 bits per heavy atom. The van der Waals surface area contributed by atoms with Gasteiger partial charge in [-0.05, 0) is 69.9 Å². The molecule has 0 aromatic heterocycles. The van der Waals surface area contributed by atoms with Gasteiger partial charge >= 0.3 is 13.5 Å². The fraction of sp³-hybridized carbons (Fsp3) is 0.429. The van der Waals surface area contributed by atoms with Crippen molar-refractivity contribution in [1.29, 1.82) is 0 Å². The zero-order valence-electron chi connectivity index (χ0n) is 17.3. The number of hydrogen-bond acceptors (Lipinski definition) is 4. The predicted molar refractivity (Wildman–Crippen MR) is 109 cm³/mol.